The van der Waals surface area contributed by atoms with E-state index in [1.54, 1.807) is 80.2 Å². The van der Waals surface area contributed by atoms with Crippen LogP contribution in [0.1, 0.15) is 78.1 Å². The van der Waals surface area contributed by atoms with Gasteiger partial charge in [0.05, 0.1) is 46.7 Å². The standard InChI is InChI=1S/C31H32N8O5.C26H24N8O3/c1-18-15-38-24(16-37(18)30(42)44-31(2,3)4)26(39(29(38)41)20-9-10-25-23(13-20)36-28(32)43-25)27(40)34-14-19-7-5-6-8-21(19)22-11-12-33-17-35-22;1-15-13-33-21(12-29-15)23(34(26(33)36)17-6-7-22-20(10-17)32-25(27)37-22)24(35)30-11-16-4-2-3-5-18(16)19-8-9-28-14-31-19/h5-13,17-18H,14-16H2,1-4H3,(H2,32,36)(H,34,40);2-10,14-15,29H,11-13H2,1H3,(H2,27,32)(H,30,35). The molecule has 8 heterocycles. The number of rotatable bonds is 10. The van der Waals surface area contributed by atoms with Crippen molar-refractivity contribution < 1.29 is 28.0 Å². The van der Waals surface area contributed by atoms with E-state index in [1.807, 2.05) is 68.4 Å². The molecule has 0 radical (unpaired) electrons. The molecule has 0 bridgehead atoms. The van der Waals surface area contributed by atoms with Gasteiger partial charge in [0.2, 0.25) is 0 Å². The van der Waals surface area contributed by atoms with Crippen molar-refractivity contribution in [2.45, 2.75) is 91.6 Å². The molecule has 81 heavy (non-hydrogen) atoms. The van der Waals surface area contributed by atoms with Gasteiger partial charge in [-0.05, 0) is 94.3 Å². The Hall–Kier alpha value is -10.2. The molecule has 0 fully saturated rings. The summed E-state index contributed by atoms with van der Waals surface area (Å²) in [6.07, 6.45) is 5.76. The van der Waals surface area contributed by atoms with Gasteiger partial charge in [0.1, 0.15) is 40.7 Å². The van der Waals surface area contributed by atoms with Crippen LogP contribution in [0.4, 0.5) is 16.8 Å². The average molecular weight is 1090 g/mol. The number of benzene rings is 4. The van der Waals surface area contributed by atoms with Crippen LogP contribution in [-0.4, -0.2) is 88.7 Å². The second-order valence-electron chi connectivity index (χ2n) is 20.6. The number of nitrogen functional groups attached to an aromatic ring is 2. The zero-order valence-electron chi connectivity index (χ0n) is 44.8. The van der Waals surface area contributed by atoms with Crippen LogP contribution in [0, 0.1) is 0 Å². The van der Waals surface area contributed by atoms with Crippen LogP contribution in [0.5, 0.6) is 0 Å². The molecule has 6 aromatic heterocycles. The molecule has 2 atom stereocenters. The molecule has 24 nitrogen and oxygen atoms in total. The number of nitrogens with one attached hydrogen (secondary N) is 3. The number of carbonyl (C=O) groups is 3. The number of aromatic nitrogens is 10. The van der Waals surface area contributed by atoms with E-state index < -0.39 is 23.3 Å². The molecule has 0 saturated carbocycles. The minimum Gasteiger partial charge on any atom is -0.444 e. The number of imidazole rings is 2. The third-order valence-electron chi connectivity index (χ3n) is 13.8. The number of nitrogens with two attached hydrogens (primary N) is 2. The van der Waals surface area contributed by atoms with Crippen LogP contribution >= 0.6 is 0 Å². The zero-order chi connectivity index (χ0) is 56.7. The Balaban J connectivity index is 0.000000173. The van der Waals surface area contributed by atoms with Crippen LogP contribution in [-0.2, 0) is 44.0 Å². The lowest BCUT2D eigenvalue weighted by molar-refractivity contribution is 0.00949. The summed E-state index contributed by atoms with van der Waals surface area (Å²) in [5, 5.41) is 9.36. The van der Waals surface area contributed by atoms with Gasteiger partial charge in [-0.1, -0.05) is 48.5 Å². The Morgan fingerprint density at radius 2 is 1.17 bits per heavy atom. The summed E-state index contributed by atoms with van der Waals surface area (Å²) >= 11 is 0. The number of amides is 3. The van der Waals surface area contributed by atoms with Crippen molar-refractivity contribution in [2.75, 3.05) is 11.5 Å². The largest absolute Gasteiger partial charge is 0.444 e. The predicted molar refractivity (Wildman–Crippen MR) is 299 cm³/mol. The summed E-state index contributed by atoms with van der Waals surface area (Å²) in [4.78, 5) is 95.1. The Kier molecular flexibility index (Phi) is 14.0. The van der Waals surface area contributed by atoms with Gasteiger partial charge in [-0.3, -0.25) is 32.8 Å². The Morgan fingerprint density at radius 3 is 1.67 bits per heavy atom. The zero-order valence-corrected chi connectivity index (χ0v) is 44.8. The Morgan fingerprint density at radius 1 is 0.679 bits per heavy atom. The van der Waals surface area contributed by atoms with Crippen LogP contribution in [0.25, 0.3) is 56.1 Å². The van der Waals surface area contributed by atoms with Crippen molar-refractivity contribution in [1.29, 1.82) is 0 Å². The maximum Gasteiger partial charge on any atom is 0.410 e. The van der Waals surface area contributed by atoms with Crippen molar-refractivity contribution in [3.8, 4) is 33.9 Å². The molecular weight excluding hydrogens is 1040 g/mol. The molecule has 2 unspecified atom stereocenters. The fourth-order valence-corrected chi connectivity index (χ4v) is 10.1. The maximum atomic E-state index is 14.1. The number of fused-ring (bicyclic) bond motifs is 4. The first kappa shape index (κ1) is 52.8. The summed E-state index contributed by atoms with van der Waals surface area (Å²) in [6.45, 7) is 10.6. The molecule has 412 valence electrons. The number of hydrogen-bond acceptors (Lipinski definition) is 17. The summed E-state index contributed by atoms with van der Waals surface area (Å²) < 4.78 is 22.4. The number of nitrogens with zero attached hydrogens (tertiary/aromatic N) is 11. The molecular formula is C57H56N16O8. The highest BCUT2D eigenvalue weighted by molar-refractivity contribution is 5.96. The van der Waals surface area contributed by atoms with Gasteiger partial charge in [-0.15, -0.1) is 0 Å². The first-order valence-corrected chi connectivity index (χ1v) is 26.0. The normalized spacial score (nSPS) is 14.9. The second-order valence-corrected chi connectivity index (χ2v) is 20.6. The van der Waals surface area contributed by atoms with Gasteiger partial charge in [0.15, 0.2) is 11.2 Å². The van der Waals surface area contributed by atoms with E-state index in [1.165, 1.54) is 31.3 Å². The molecule has 2 aliphatic heterocycles. The van der Waals surface area contributed by atoms with Gasteiger partial charge >= 0.3 is 17.5 Å². The Labute approximate surface area is 461 Å². The molecule has 3 amide bonds. The van der Waals surface area contributed by atoms with Crippen LogP contribution in [0.15, 0.2) is 141 Å². The van der Waals surface area contributed by atoms with Crippen molar-refractivity contribution in [3.63, 3.8) is 0 Å². The lowest BCUT2D eigenvalue weighted by Gasteiger charge is -2.35. The quantitative estimate of drug-likeness (QED) is 0.103. The van der Waals surface area contributed by atoms with Gasteiger partial charge in [-0.25, -0.2) is 34.3 Å². The van der Waals surface area contributed by atoms with Crippen molar-refractivity contribution in [1.82, 2.24) is 69.0 Å². The highest BCUT2D eigenvalue weighted by atomic mass is 16.6. The van der Waals surface area contributed by atoms with Crippen LogP contribution < -0.4 is 38.8 Å². The fraction of sp³-hybridized carbons (Fsp3) is 0.246. The van der Waals surface area contributed by atoms with Crippen molar-refractivity contribution in [3.05, 3.63) is 177 Å². The molecule has 12 rings (SSSR count). The first-order valence-electron chi connectivity index (χ1n) is 26.0. The lowest BCUT2D eigenvalue weighted by atomic mass is 10.0. The van der Waals surface area contributed by atoms with E-state index in [-0.39, 0.29) is 73.3 Å². The predicted octanol–water partition coefficient (Wildman–Crippen LogP) is 6.13. The summed E-state index contributed by atoms with van der Waals surface area (Å²) in [5.41, 5.74) is 19.1. The maximum absolute atomic E-state index is 14.1. The first-order chi connectivity index (χ1) is 39.0. The molecule has 2 aliphatic rings. The van der Waals surface area contributed by atoms with Gasteiger partial charge in [0, 0.05) is 62.3 Å². The van der Waals surface area contributed by atoms with Gasteiger partial charge in [-0.2, -0.15) is 9.97 Å². The third kappa shape index (κ3) is 10.6. The van der Waals surface area contributed by atoms with Crippen LogP contribution in [0.2, 0.25) is 0 Å². The van der Waals surface area contributed by atoms with E-state index in [2.05, 4.69) is 45.9 Å². The van der Waals surface area contributed by atoms with Gasteiger partial charge in [0.25, 0.3) is 23.8 Å². The molecule has 0 aliphatic carbocycles. The summed E-state index contributed by atoms with van der Waals surface area (Å²) in [5.74, 6) is -0.855. The van der Waals surface area contributed by atoms with E-state index in [9.17, 15) is 24.0 Å². The number of hydrogen-bond donors (Lipinski definition) is 5. The van der Waals surface area contributed by atoms with Crippen molar-refractivity contribution in [2.24, 2.45) is 0 Å². The monoisotopic (exact) mass is 1090 g/mol. The smallest absolute Gasteiger partial charge is 0.410 e. The molecule has 10 aromatic rings. The number of oxazole rings is 2. The molecule has 0 saturated heterocycles. The fourth-order valence-electron chi connectivity index (χ4n) is 10.1. The summed E-state index contributed by atoms with van der Waals surface area (Å²) in [7, 11) is 0. The highest BCUT2D eigenvalue weighted by Gasteiger charge is 2.37. The molecule has 4 aromatic carbocycles. The SMILES string of the molecule is CC1Cn2c(c(C(=O)NCc3ccccc3-c3ccncn3)n(-c3ccc4oc(N)nc4c3)c2=O)CN1.CC1Cn2c(c(C(=O)NCc3ccccc3-c3ccncn3)n(-c3ccc4oc(N)nc4c3)c2=O)CN1C(=O)OC(C)(C)C. The Bertz CT molecular complexity index is 4150. The van der Waals surface area contributed by atoms with E-state index in [0.29, 0.717) is 63.7 Å². The van der Waals surface area contributed by atoms with E-state index in [4.69, 9.17) is 25.0 Å². The van der Waals surface area contributed by atoms with E-state index in [0.717, 1.165) is 27.9 Å². The summed E-state index contributed by atoms with van der Waals surface area (Å²) in [6, 6.07) is 28.7. The average Bonchev–Trinajstić information content (AvgIpc) is 4.32. The van der Waals surface area contributed by atoms with E-state index >= 15 is 0 Å². The second kappa shape index (κ2) is 21.5. The minimum absolute atomic E-state index is 0.00223. The van der Waals surface area contributed by atoms with Crippen LogP contribution in [0.3, 0.4) is 0 Å². The molecule has 7 N–H and O–H groups in total. The number of ether oxygens (including phenoxy) is 1. The number of anilines is 2. The number of carbonyl (C=O) groups excluding carboxylic acids is 3. The van der Waals surface area contributed by atoms with Gasteiger partial charge < -0.3 is 41.0 Å². The molecule has 24 heteroatoms. The topological polar surface area (TPSA) is 309 Å². The third-order valence-corrected chi connectivity index (χ3v) is 13.8. The minimum atomic E-state index is -0.716. The lowest BCUT2D eigenvalue weighted by Crippen LogP contribution is -2.48. The van der Waals surface area contributed by atoms with Crippen molar-refractivity contribution >= 4 is 52.1 Å². The molecule has 0 spiro atoms. The highest BCUT2D eigenvalue weighted by Crippen LogP contribution is 2.29.